The Bertz CT molecular complexity index is 1170. The molecule has 1 unspecified atom stereocenters. The van der Waals surface area contributed by atoms with Crippen LogP contribution in [0.4, 0.5) is 0 Å². The Morgan fingerprint density at radius 2 is 2.04 bits per heavy atom. The molecular formula is C23H26N2O2S. The summed E-state index contributed by atoms with van der Waals surface area (Å²) in [6.07, 6.45) is 7.59. The first-order chi connectivity index (χ1) is 13.5. The van der Waals surface area contributed by atoms with Gasteiger partial charge in [0.15, 0.2) is 0 Å². The van der Waals surface area contributed by atoms with Gasteiger partial charge in [0.1, 0.15) is 0 Å². The molecule has 3 heterocycles. The second kappa shape index (κ2) is 6.73. The summed E-state index contributed by atoms with van der Waals surface area (Å²) >= 11 is 0. The molecule has 0 bridgehead atoms. The van der Waals surface area contributed by atoms with Crippen LogP contribution in [0.2, 0.25) is 0 Å². The van der Waals surface area contributed by atoms with Crippen LogP contribution >= 0.6 is 0 Å². The first-order valence-electron chi connectivity index (χ1n) is 10.2. The molecule has 0 amide bonds. The Morgan fingerprint density at radius 1 is 1.21 bits per heavy atom. The lowest BCUT2D eigenvalue weighted by atomic mass is 10.1. The van der Waals surface area contributed by atoms with Crippen molar-refractivity contribution < 1.29 is 4.21 Å². The van der Waals surface area contributed by atoms with Crippen LogP contribution in [0.5, 0.6) is 0 Å². The summed E-state index contributed by atoms with van der Waals surface area (Å²) in [4.78, 5) is 13.5. The Labute approximate surface area is 167 Å². The minimum atomic E-state index is -1.03. The smallest absolute Gasteiger partial charge is 0.253 e. The van der Waals surface area contributed by atoms with E-state index in [9.17, 15) is 9.00 Å². The van der Waals surface area contributed by atoms with E-state index in [0.29, 0.717) is 0 Å². The van der Waals surface area contributed by atoms with E-state index in [2.05, 4.69) is 22.8 Å². The highest BCUT2D eigenvalue weighted by Gasteiger charge is 2.25. The highest BCUT2D eigenvalue weighted by molar-refractivity contribution is 7.84. The van der Waals surface area contributed by atoms with Crippen molar-refractivity contribution in [3.05, 3.63) is 51.9 Å². The van der Waals surface area contributed by atoms with Gasteiger partial charge in [0.05, 0.1) is 16.5 Å². The third kappa shape index (κ3) is 2.87. The number of benzene rings is 1. The number of aromatic nitrogens is 2. The van der Waals surface area contributed by atoms with Gasteiger partial charge in [0.25, 0.3) is 5.56 Å². The molecule has 1 aliphatic heterocycles. The van der Waals surface area contributed by atoms with Crippen molar-refractivity contribution in [2.45, 2.75) is 57.0 Å². The Morgan fingerprint density at radius 3 is 2.79 bits per heavy atom. The minimum absolute atomic E-state index is 0.146. The van der Waals surface area contributed by atoms with E-state index >= 15 is 0 Å². The maximum absolute atomic E-state index is 12.6. The van der Waals surface area contributed by atoms with Gasteiger partial charge in [-0.2, -0.15) is 0 Å². The van der Waals surface area contributed by atoms with Crippen LogP contribution in [0.25, 0.3) is 22.2 Å². The van der Waals surface area contributed by atoms with Crippen LogP contribution in [0, 0.1) is 12.8 Å². The van der Waals surface area contributed by atoms with E-state index in [1.807, 2.05) is 23.6 Å². The Kier molecular flexibility index (Phi) is 4.31. The number of hydrogen-bond acceptors (Lipinski definition) is 2. The molecule has 5 heteroatoms. The van der Waals surface area contributed by atoms with E-state index < -0.39 is 10.8 Å². The van der Waals surface area contributed by atoms with Crippen LogP contribution in [0.15, 0.2) is 40.0 Å². The molecule has 0 radical (unpaired) electrons. The second-order valence-corrected chi connectivity index (χ2v) is 9.65. The highest BCUT2D eigenvalue weighted by atomic mass is 32.2. The van der Waals surface area contributed by atoms with Crippen LogP contribution in [-0.2, 0) is 30.3 Å². The average molecular weight is 395 g/mol. The van der Waals surface area contributed by atoms with Gasteiger partial charge in [-0.1, -0.05) is 18.9 Å². The molecule has 2 aromatic heterocycles. The van der Waals surface area contributed by atoms with Crippen molar-refractivity contribution in [3.63, 3.8) is 0 Å². The molecule has 2 aliphatic rings. The minimum Gasteiger partial charge on any atom is -0.340 e. The van der Waals surface area contributed by atoms with E-state index in [1.54, 1.807) is 6.26 Å². The standard InChI is InChI=1S/C23H26N2O2S/c1-15-13-17(19-6-4-11-25(19)23(15)26)21-14-18-20(5-3-7-22(18)28(2)27)24(21)12-10-16-8-9-16/h3,5,7,13-14,16H,4,6,8-12H2,1-2H3. The van der Waals surface area contributed by atoms with E-state index in [0.717, 1.165) is 58.9 Å². The predicted octanol–water partition coefficient (Wildman–Crippen LogP) is 4.26. The molecule has 3 aromatic rings. The summed E-state index contributed by atoms with van der Waals surface area (Å²) in [6.45, 7) is 3.71. The van der Waals surface area contributed by atoms with Crippen LogP contribution < -0.4 is 5.56 Å². The van der Waals surface area contributed by atoms with E-state index in [1.165, 1.54) is 30.5 Å². The van der Waals surface area contributed by atoms with Crippen molar-refractivity contribution in [2.75, 3.05) is 6.26 Å². The van der Waals surface area contributed by atoms with Crippen molar-refractivity contribution in [3.8, 4) is 11.3 Å². The second-order valence-electron chi connectivity index (χ2n) is 8.30. The van der Waals surface area contributed by atoms with Gasteiger partial charge in [0, 0.05) is 52.0 Å². The van der Waals surface area contributed by atoms with Crippen LogP contribution in [0.3, 0.4) is 0 Å². The molecule has 0 spiro atoms. The lowest BCUT2D eigenvalue weighted by molar-refractivity contribution is 0.614. The zero-order chi connectivity index (χ0) is 19.4. The number of aryl methyl sites for hydroxylation is 2. The third-order valence-electron chi connectivity index (χ3n) is 6.32. The molecule has 28 heavy (non-hydrogen) atoms. The number of pyridine rings is 1. The fourth-order valence-electron chi connectivity index (χ4n) is 4.67. The molecule has 146 valence electrons. The number of fused-ring (bicyclic) bond motifs is 2. The molecule has 1 fully saturated rings. The molecule has 0 saturated heterocycles. The predicted molar refractivity (Wildman–Crippen MR) is 114 cm³/mol. The van der Waals surface area contributed by atoms with Crippen molar-refractivity contribution >= 4 is 21.7 Å². The van der Waals surface area contributed by atoms with Crippen molar-refractivity contribution in [1.82, 2.24) is 9.13 Å². The molecular weight excluding hydrogens is 368 g/mol. The zero-order valence-electron chi connectivity index (χ0n) is 16.5. The van der Waals surface area contributed by atoms with Gasteiger partial charge in [-0.3, -0.25) is 9.00 Å². The van der Waals surface area contributed by atoms with Crippen molar-refractivity contribution in [2.24, 2.45) is 5.92 Å². The zero-order valence-corrected chi connectivity index (χ0v) is 17.3. The van der Waals surface area contributed by atoms with E-state index in [4.69, 9.17) is 0 Å². The fraction of sp³-hybridized carbons (Fsp3) is 0.435. The Hall–Kier alpha value is -2.14. The van der Waals surface area contributed by atoms with Gasteiger partial charge < -0.3 is 9.13 Å². The lowest BCUT2D eigenvalue weighted by Crippen LogP contribution is -2.22. The summed E-state index contributed by atoms with van der Waals surface area (Å²) in [5.74, 6) is 0.847. The molecule has 0 N–H and O–H groups in total. The maximum atomic E-state index is 12.6. The molecule has 1 aliphatic carbocycles. The van der Waals surface area contributed by atoms with E-state index in [-0.39, 0.29) is 5.56 Å². The lowest BCUT2D eigenvalue weighted by Gasteiger charge is -2.15. The summed E-state index contributed by atoms with van der Waals surface area (Å²) in [5, 5.41) is 1.08. The SMILES string of the molecule is Cc1cc(-c2cc3c(S(C)=O)cccc3n2CCC2CC2)c2n(c1=O)CCC2. The van der Waals surface area contributed by atoms with Gasteiger partial charge in [-0.15, -0.1) is 0 Å². The number of rotatable bonds is 5. The summed E-state index contributed by atoms with van der Waals surface area (Å²) in [5.41, 5.74) is 5.61. The largest absolute Gasteiger partial charge is 0.340 e. The number of nitrogens with zero attached hydrogens (tertiary/aromatic N) is 2. The van der Waals surface area contributed by atoms with Gasteiger partial charge in [-0.05, 0) is 56.4 Å². The summed E-state index contributed by atoms with van der Waals surface area (Å²) in [7, 11) is -1.03. The monoisotopic (exact) mass is 394 g/mol. The first kappa shape index (κ1) is 17.9. The van der Waals surface area contributed by atoms with Gasteiger partial charge in [-0.25, -0.2) is 0 Å². The summed E-state index contributed by atoms with van der Waals surface area (Å²) < 4.78 is 16.7. The third-order valence-corrected chi connectivity index (χ3v) is 7.30. The van der Waals surface area contributed by atoms with Crippen LogP contribution in [-0.4, -0.2) is 19.6 Å². The molecule has 5 rings (SSSR count). The molecule has 1 atom stereocenters. The quantitative estimate of drug-likeness (QED) is 0.649. The number of hydrogen-bond donors (Lipinski definition) is 0. The van der Waals surface area contributed by atoms with Crippen molar-refractivity contribution in [1.29, 1.82) is 0 Å². The topological polar surface area (TPSA) is 44.0 Å². The average Bonchev–Trinajstić information content (AvgIpc) is 3.24. The molecule has 1 saturated carbocycles. The normalized spacial score (nSPS) is 17.2. The van der Waals surface area contributed by atoms with Crippen LogP contribution in [0.1, 0.15) is 36.9 Å². The first-order valence-corrected chi connectivity index (χ1v) is 11.8. The van der Waals surface area contributed by atoms with Gasteiger partial charge >= 0.3 is 0 Å². The highest BCUT2D eigenvalue weighted by Crippen LogP contribution is 2.38. The fourth-order valence-corrected chi connectivity index (χ4v) is 5.41. The maximum Gasteiger partial charge on any atom is 0.253 e. The Balaban J connectivity index is 1.77. The van der Waals surface area contributed by atoms with Gasteiger partial charge in [0.2, 0.25) is 0 Å². The molecule has 1 aromatic carbocycles. The molecule has 4 nitrogen and oxygen atoms in total. The summed E-state index contributed by atoms with van der Waals surface area (Å²) in [6, 6.07) is 10.4.